The fourth-order valence-corrected chi connectivity index (χ4v) is 0.917. The zero-order valence-electron chi connectivity index (χ0n) is 7.30. The lowest BCUT2D eigenvalue weighted by Gasteiger charge is -2.11. The molecule has 2 heteroatoms. The predicted molar refractivity (Wildman–Crippen MR) is 46.6 cm³/mol. The molecular formula is C10H12FO. The predicted octanol–water partition coefficient (Wildman–Crippen LogP) is 2.80. The molecule has 0 N–H and O–H groups in total. The van der Waals surface area contributed by atoms with E-state index in [9.17, 15) is 4.39 Å². The van der Waals surface area contributed by atoms with E-state index in [1.165, 1.54) is 12.1 Å². The van der Waals surface area contributed by atoms with Crippen molar-refractivity contribution in [2.45, 2.75) is 20.0 Å². The summed E-state index contributed by atoms with van der Waals surface area (Å²) in [4.78, 5) is 0. The van der Waals surface area contributed by atoms with Gasteiger partial charge >= 0.3 is 0 Å². The lowest BCUT2D eigenvalue weighted by Crippen LogP contribution is -2.06. The van der Waals surface area contributed by atoms with E-state index in [2.05, 4.69) is 6.92 Å². The van der Waals surface area contributed by atoms with Gasteiger partial charge in [-0.2, -0.15) is 0 Å². The Bertz CT molecular complexity index is 269. The molecule has 1 nitrogen and oxygen atoms in total. The van der Waals surface area contributed by atoms with Crippen LogP contribution in [-0.4, -0.2) is 6.10 Å². The van der Waals surface area contributed by atoms with Crippen LogP contribution in [0.4, 0.5) is 4.39 Å². The van der Waals surface area contributed by atoms with Gasteiger partial charge in [0.1, 0.15) is 11.6 Å². The molecule has 1 radical (unpaired) electrons. The summed E-state index contributed by atoms with van der Waals surface area (Å²) >= 11 is 0. The minimum atomic E-state index is -0.281. The molecule has 0 unspecified atom stereocenters. The quantitative estimate of drug-likeness (QED) is 0.658. The Balaban J connectivity index is 2.86. The van der Waals surface area contributed by atoms with Gasteiger partial charge < -0.3 is 4.74 Å². The molecule has 1 aromatic carbocycles. The molecule has 0 saturated carbocycles. The van der Waals surface area contributed by atoms with Crippen molar-refractivity contribution in [3.63, 3.8) is 0 Å². The third-order valence-corrected chi connectivity index (χ3v) is 1.39. The van der Waals surface area contributed by atoms with Crippen LogP contribution in [0.1, 0.15) is 19.4 Å². The highest BCUT2D eigenvalue weighted by molar-refractivity contribution is 5.36. The van der Waals surface area contributed by atoms with Gasteiger partial charge in [0.25, 0.3) is 0 Å². The summed E-state index contributed by atoms with van der Waals surface area (Å²) in [5.41, 5.74) is 0.587. The smallest absolute Gasteiger partial charge is 0.123 e. The van der Waals surface area contributed by atoms with Crippen molar-refractivity contribution in [3.8, 4) is 5.75 Å². The van der Waals surface area contributed by atoms with Crippen molar-refractivity contribution in [1.82, 2.24) is 0 Å². The van der Waals surface area contributed by atoms with Crippen molar-refractivity contribution in [3.05, 3.63) is 36.5 Å². The molecule has 0 spiro atoms. The Kier molecular flexibility index (Phi) is 2.69. The van der Waals surface area contributed by atoms with E-state index >= 15 is 0 Å². The van der Waals surface area contributed by atoms with Crippen molar-refractivity contribution in [1.29, 1.82) is 0 Å². The SMILES string of the molecule is [CH2]c1cc(F)ccc1OC(C)C. The van der Waals surface area contributed by atoms with Gasteiger partial charge in [0.15, 0.2) is 0 Å². The normalized spacial score (nSPS) is 10.4. The van der Waals surface area contributed by atoms with Crippen molar-refractivity contribution in [2.24, 2.45) is 0 Å². The topological polar surface area (TPSA) is 9.23 Å². The zero-order valence-corrected chi connectivity index (χ0v) is 7.30. The monoisotopic (exact) mass is 167 g/mol. The van der Waals surface area contributed by atoms with Gasteiger partial charge in [-0.25, -0.2) is 4.39 Å². The van der Waals surface area contributed by atoms with Gasteiger partial charge in [-0.15, -0.1) is 0 Å². The van der Waals surface area contributed by atoms with Gasteiger partial charge in [-0.05, 0) is 44.5 Å². The molecule has 0 saturated heterocycles. The first-order valence-electron chi connectivity index (χ1n) is 3.88. The number of ether oxygens (including phenoxy) is 1. The van der Waals surface area contributed by atoms with E-state index in [0.29, 0.717) is 11.3 Å². The summed E-state index contributed by atoms with van der Waals surface area (Å²) in [6.07, 6.45) is 0.0935. The molecule has 0 fully saturated rings. The Morgan fingerprint density at radius 3 is 2.58 bits per heavy atom. The van der Waals surface area contributed by atoms with Crippen molar-refractivity contribution < 1.29 is 9.13 Å². The van der Waals surface area contributed by atoms with Gasteiger partial charge in [0.2, 0.25) is 0 Å². The molecule has 0 amide bonds. The van der Waals surface area contributed by atoms with Gasteiger partial charge in [-0.3, -0.25) is 0 Å². The van der Waals surface area contributed by atoms with Crippen LogP contribution in [0.2, 0.25) is 0 Å². The molecule has 12 heavy (non-hydrogen) atoms. The summed E-state index contributed by atoms with van der Waals surface area (Å²) in [5, 5.41) is 0. The highest BCUT2D eigenvalue weighted by Crippen LogP contribution is 2.19. The number of rotatable bonds is 2. The first-order valence-corrected chi connectivity index (χ1v) is 3.88. The van der Waals surface area contributed by atoms with Crippen LogP contribution in [0.25, 0.3) is 0 Å². The van der Waals surface area contributed by atoms with Crippen LogP contribution >= 0.6 is 0 Å². The number of benzene rings is 1. The average molecular weight is 167 g/mol. The van der Waals surface area contributed by atoms with Crippen LogP contribution in [0.3, 0.4) is 0 Å². The molecule has 0 aromatic heterocycles. The maximum atomic E-state index is 12.6. The van der Waals surface area contributed by atoms with Crippen LogP contribution in [0, 0.1) is 12.7 Å². The Hall–Kier alpha value is -1.05. The van der Waals surface area contributed by atoms with Gasteiger partial charge in [-0.1, -0.05) is 0 Å². The lowest BCUT2D eigenvalue weighted by molar-refractivity contribution is 0.241. The Morgan fingerprint density at radius 2 is 2.08 bits per heavy atom. The molecule has 1 rings (SSSR count). The van der Waals surface area contributed by atoms with Crippen LogP contribution in [0.15, 0.2) is 18.2 Å². The van der Waals surface area contributed by atoms with E-state index in [1.54, 1.807) is 6.07 Å². The molecule has 65 valence electrons. The van der Waals surface area contributed by atoms with Crippen LogP contribution < -0.4 is 4.74 Å². The number of halogens is 1. The summed E-state index contributed by atoms with van der Waals surface area (Å²) in [7, 11) is 0. The van der Waals surface area contributed by atoms with Crippen LogP contribution in [0.5, 0.6) is 5.75 Å². The van der Waals surface area contributed by atoms with Gasteiger partial charge in [0, 0.05) is 0 Å². The summed E-state index contributed by atoms with van der Waals surface area (Å²) in [6, 6.07) is 4.32. The highest BCUT2D eigenvalue weighted by Gasteiger charge is 2.02. The van der Waals surface area contributed by atoms with E-state index in [4.69, 9.17) is 4.74 Å². The Labute approximate surface area is 72.2 Å². The fraction of sp³-hybridized carbons (Fsp3) is 0.300. The van der Waals surface area contributed by atoms with E-state index in [0.717, 1.165) is 0 Å². The fourth-order valence-electron chi connectivity index (χ4n) is 0.917. The van der Waals surface area contributed by atoms with Crippen LogP contribution in [-0.2, 0) is 0 Å². The molecule has 0 heterocycles. The second kappa shape index (κ2) is 3.57. The Morgan fingerprint density at radius 1 is 1.42 bits per heavy atom. The zero-order chi connectivity index (χ0) is 9.14. The second-order valence-corrected chi connectivity index (χ2v) is 2.92. The molecule has 0 aliphatic heterocycles. The highest BCUT2D eigenvalue weighted by atomic mass is 19.1. The average Bonchev–Trinajstić information content (AvgIpc) is 1.94. The third-order valence-electron chi connectivity index (χ3n) is 1.39. The minimum absolute atomic E-state index is 0.0935. The molecular weight excluding hydrogens is 155 g/mol. The van der Waals surface area contributed by atoms with E-state index < -0.39 is 0 Å². The molecule has 1 aromatic rings. The van der Waals surface area contributed by atoms with E-state index in [1.807, 2.05) is 13.8 Å². The first kappa shape index (κ1) is 9.04. The maximum Gasteiger partial charge on any atom is 0.123 e. The standard InChI is InChI=1S/C10H12FO/c1-7(2)12-10-5-4-9(11)6-8(10)3/h4-7H,3H2,1-2H3. The largest absolute Gasteiger partial charge is 0.491 e. The van der Waals surface area contributed by atoms with Crippen molar-refractivity contribution >= 4 is 0 Å². The lowest BCUT2D eigenvalue weighted by atomic mass is 10.2. The minimum Gasteiger partial charge on any atom is -0.491 e. The summed E-state index contributed by atoms with van der Waals surface area (Å²) in [6.45, 7) is 7.51. The van der Waals surface area contributed by atoms with Gasteiger partial charge in [0.05, 0.1) is 6.10 Å². The number of hydrogen-bond acceptors (Lipinski definition) is 1. The number of hydrogen-bond donors (Lipinski definition) is 0. The molecule has 0 atom stereocenters. The summed E-state index contributed by atoms with van der Waals surface area (Å²) < 4.78 is 18.0. The molecule has 0 aliphatic carbocycles. The first-order chi connectivity index (χ1) is 5.59. The molecule has 0 bridgehead atoms. The second-order valence-electron chi connectivity index (χ2n) is 2.92. The third kappa shape index (κ3) is 2.22. The molecule has 0 aliphatic rings. The van der Waals surface area contributed by atoms with Crippen molar-refractivity contribution in [2.75, 3.05) is 0 Å². The maximum absolute atomic E-state index is 12.6. The van der Waals surface area contributed by atoms with E-state index in [-0.39, 0.29) is 11.9 Å². The summed E-state index contributed by atoms with van der Waals surface area (Å²) in [5.74, 6) is 0.363.